The van der Waals surface area contributed by atoms with Gasteiger partial charge in [-0.1, -0.05) is 18.2 Å². The van der Waals surface area contributed by atoms with Crippen molar-refractivity contribution in [2.75, 3.05) is 13.1 Å². The number of benzene rings is 1. The van der Waals surface area contributed by atoms with Crippen LogP contribution in [0.2, 0.25) is 0 Å². The molecule has 1 rings (SSSR count). The van der Waals surface area contributed by atoms with E-state index >= 15 is 0 Å². The third kappa shape index (κ3) is 6.64. The molecule has 25 heavy (non-hydrogen) atoms. The van der Waals surface area contributed by atoms with Crippen LogP contribution in [0.5, 0.6) is 0 Å². The second kappa shape index (κ2) is 9.29. The number of likely N-dealkylation sites (N-methyl/N-ethyl adjacent to an activating group) is 1. The number of urea groups is 1. The molecule has 0 aliphatic carbocycles. The molecule has 140 valence electrons. The van der Waals surface area contributed by atoms with Crippen LogP contribution in [0, 0.1) is 0 Å². The fourth-order valence-corrected chi connectivity index (χ4v) is 2.60. The first-order valence-electron chi connectivity index (χ1n) is 8.08. The number of nitrogens with one attached hydrogen (secondary N) is 1. The minimum absolute atomic E-state index is 0.0546. The molecule has 0 radical (unpaired) electrons. The smallest absolute Gasteiger partial charge is 0.416 e. The molecule has 0 spiro atoms. The Morgan fingerprint density at radius 1 is 1.28 bits per heavy atom. The van der Waals surface area contributed by atoms with E-state index in [2.05, 4.69) is 5.32 Å². The van der Waals surface area contributed by atoms with E-state index in [1.165, 1.54) is 17.0 Å². The highest BCUT2D eigenvalue weighted by atomic mass is 19.4. The Balaban J connectivity index is 2.72. The van der Waals surface area contributed by atoms with Gasteiger partial charge < -0.3 is 15.3 Å². The first-order valence-corrected chi connectivity index (χ1v) is 8.08. The van der Waals surface area contributed by atoms with Gasteiger partial charge >= 0.3 is 18.2 Å². The number of aliphatic carboxylic acids is 1. The van der Waals surface area contributed by atoms with Gasteiger partial charge in [0.15, 0.2) is 0 Å². The van der Waals surface area contributed by atoms with Gasteiger partial charge in [-0.3, -0.25) is 4.79 Å². The molecule has 0 saturated carbocycles. The minimum Gasteiger partial charge on any atom is -0.481 e. The highest BCUT2D eigenvalue weighted by molar-refractivity contribution is 5.74. The van der Waals surface area contributed by atoms with Crippen molar-refractivity contribution >= 4 is 12.0 Å². The summed E-state index contributed by atoms with van der Waals surface area (Å²) in [7, 11) is 0. The average molecular weight is 360 g/mol. The third-order valence-electron chi connectivity index (χ3n) is 3.82. The normalized spacial score (nSPS) is 12.5. The van der Waals surface area contributed by atoms with E-state index < -0.39 is 29.8 Å². The van der Waals surface area contributed by atoms with Crippen molar-refractivity contribution in [3.05, 3.63) is 35.4 Å². The molecule has 0 fully saturated rings. The lowest BCUT2D eigenvalue weighted by molar-refractivity contribution is -0.138. The standard InChI is InChI=1S/C17H23F3N2O3/c1-3-22(16(25)21-10-6-9-15(23)24)12(2)11-13-7-4-5-8-14(13)17(18,19)20/h4-5,7-8,12H,3,6,9-11H2,1-2H3,(H,21,25)(H,23,24). The number of carbonyl (C=O) groups is 2. The lowest BCUT2D eigenvalue weighted by Gasteiger charge is -2.29. The zero-order chi connectivity index (χ0) is 19.0. The number of nitrogens with zero attached hydrogens (tertiary/aromatic N) is 1. The van der Waals surface area contributed by atoms with Gasteiger partial charge in [0.05, 0.1) is 5.56 Å². The zero-order valence-corrected chi connectivity index (χ0v) is 14.3. The van der Waals surface area contributed by atoms with E-state index in [9.17, 15) is 22.8 Å². The Bertz CT molecular complexity index is 591. The van der Waals surface area contributed by atoms with Crippen LogP contribution < -0.4 is 5.32 Å². The summed E-state index contributed by atoms with van der Waals surface area (Å²) in [6, 6.07) is 4.48. The molecule has 2 amide bonds. The van der Waals surface area contributed by atoms with Crippen molar-refractivity contribution in [3.8, 4) is 0 Å². The van der Waals surface area contributed by atoms with Crippen molar-refractivity contribution < 1.29 is 27.9 Å². The van der Waals surface area contributed by atoms with Crippen LogP contribution in [-0.4, -0.2) is 41.1 Å². The van der Waals surface area contributed by atoms with E-state index in [4.69, 9.17) is 5.11 Å². The summed E-state index contributed by atoms with van der Waals surface area (Å²) >= 11 is 0. The number of carboxylic acids is 1. The van der Waals surface area contributed by atoms with Gasteiger partial charge in [0.25, 0.3) is 0 Å². The van der Waals surface area contributed by atoms with Gasteiger partial charge in [-0.05, 0) is 38.3 Å². The second-order valence-corrected chi connectivity index (χ2v) is 5.72. The highest BCUT2D eigenvalue weighted by Crippen LogP contribution is 2.32. The molecule has 0 bridgehead atoms. The molecule has 1 aromatic carbocycles. The van der Waals surface area contributed by atoms with Crippen molar-refractivity contribution in [3.63, 3.8) is 0 Å². The number of halogens is 3. The van der Waals surface area contributed by atoms with Gasteiger partial charge in [0.1, 0.15) is 0 Å². The molecule has 1 atom stereocenters. The van der Waals surface area contributed by atoms with Gasteiger partial charge in [-0.25, -0.2) is 4.79 Å². The largest absolute Gasteiger partial charge is 0.481 e. The fraction of sp³-hybridized carbons (Fsp3) is 0.529. The molecule has 2 N–H and O–H groups in total. The van der Waals surface area contributed by atoms with Crippen LogP contribution in [0.4, 0.5) is 18.0 Å². The molecule has 0 aliphatic rings. The first-order chi connectivity index (χ1) is 11.7. The molecule has 0 aromatic heterocycles. The monoisotopic (exact) mass is 360 g/mol. The maximum absolute atomic E-state index is 13.1. The van der Waals surface area contributed by atoms with Crippen molar-refractivity contribution in [2.45, 2.75) is 45.3 Å². The van der Waals surface area contributed by atoms with Gasteiger partial charge in [-0.2, -0.15) is 13.2 Å². The van der Waals surface area contributed by atoms with E-state index in [0.717, 1.165) is 6.07 Å². The Kier molecular flexibility index (Phi) is 7.73. The van der Waals surface area contributed by atoms with Crippen molar-refractivity contribution in [1.82, 2.24) is 10.2 Å². The fourth-order valence-electron chi connectivity index (χ4n) is 2.60. The summed E-state index contributed by atoms with van der Waals surface area (Å²) in [5.41, 5.74) is -0.556. The van der Waals surface area contributed by atoms with Crippen LogP contribution in [0.15, 0.2) is 24.3 Å². The predicted octanol–water partition coefficient (Wildman–Crippen LogP) is 3.53. The molecule has 1 unspecified atom stereocenters. The number of hydrogen-bond donors (Lipinski definition) is 2. The van der Waals surface area contributed by atoms with E-state index in [-0.39, 0.29) is 24.9 Å². The second-order valence-electron chi connectivity index (χ2n) is 5.72. The zero-order valence-electron chi connectivity index (χ0n) is 14.3. The highest BCUT2D eigenvalue weighted by Gasteiger charge is 2.33. The molecule has 0 aliphatic heterocycles. The van der Waals surface area contributed by atoms with Crippen LogP contribution >= 0.6 is 0 Å². The van der Waals surface area contributed by atoms with Crippen LogP contribution in [0.1, 0.15) is 37.8 Å². The first kappa shape index (κ1) is 20.8. The van der Waals surface area contributed by atoms with Gasteiger partial charge in [0, 0.05) is 25.6 Å². The Labute approximate surface area is 144 Å². The van der Waals surface area contributed by atoms with Gasteiger partial charge in [0.2, 0.25) is 0 Å². The molecule has 8 heteroatoms. The maximum Gasteiger partial charge on any atom is 0.416 e. The van der Waals surface area contributed by atoms with Gasteiger partial charge in [-0.15, -0.1) is 0 Å². The number of amides is 2. The van der Waals surface area contributed by atoms with E-state index in [1.54, 1.807) is 19.9 Å². The summed E-state index contributed by atoms with van der Waals surface area (Å²) in [5, 5.41) is 11.2. The summed E-state index contributed by atoms with van der Waals surface area (Å²) in [6.45, 7) is 3.96. The Hall–Kier alpha value is -2.25. The van der Waals surface area contributed by atoms with E-state index in [1.807, 2.05) is 0 Å². The Morgan fingerprint density at radius 3 is 2.48 bits per heavy atom. The Morgan fingerprint density at radius 2 is 1.92 bits per heavy atom. The average Bonchev–Trinajstić information content (AvgIpc) is 2.51. The summed E-state index contributed by atoms with van der Waals surface area (Å²) in [4.78, 5) is 24.1. The number of rotatable bonds is 8. The minimum atomic E-state index is -4.44. The molecule has 1 aromatic rings. The third-order valence-corrected chi connectivity index (χ3v) is 3.82. The molecular formula is C17H23F3N2O3. The summed E-state index contributed by atoms with van der Waals surface area (Å²) in [5.74, 6) is -0.946. The predicted molar refractivity (Wildman–Crippen MR) is 87.3 cm³/mol. The number of carboxylic acid groups (broad SMARTS) is 1. The lowest BCUT2D eigenvalue weighted by Crippen LogP contribution is -2.46. The van der Waals surface area contributed by atoms with Crippen molar-refractivity contribution in [1.29, 1.82) is 0 Å². The number of alkyl halides is 3. The SMILES string of the molecule is CCN(C(=O)NCCCC(=O)O)C(C)Cc1ccccc1C(F)(F)F. The van der Waals surface area contributed by atoms with Crippen LogP contribution in [-0.2, 0) is 17.4 Å². The topological polar surface area (TPSA) is 69.6 Å². The molecular weight excluding hydrogens is 337 g/mol. The van der Waals surface area contributed by atoms with E-state index in [0.29, 0.717) is 13.0 Å². The quantitative estimate of drug-likeness (QED) is 0.697. The number of carbonyl (C=O) groups excluding carboxylic acids is 1. The molecule has 0 saturated heterocycles. The van der Waals surface area contributed by atoms with Crippen LogP contribution in [0.3, 0.4) is 0 Å². The summed E-state index contributed by atoms with van der Waals surface area (Å²) < 4.78 is 39.2. The van der Waals surface area contributed by atoms with Crippen molar-refractivity contribution in [2.24, 2.45) is 0 Å². The van der Waals surface area contributed by atoms with Crippen LogP contribution in [0.25, 0.3) is 0 Å². The molecule has 5 nitrogen and oxygen atoms in total. The summed E-state index contributed by atoms with van der Waals surface area (Å²) in [6.07, 6.45) is -4.12. The lowest BCUT2D eigenvalue weighted by atomic mass is 10.00. The number of hydrogen-bond acceptors (Lipinski definition) is 2. The maximum atomic E-state index is 13.1. The molecule has 0 heterocycles.